The highest BCUT2D eigenvalue weighted by atomic mass is 35.5. The Morgan fingerprint density at radius 1 is 1.14 bits per heavy atom. The Morgan fingerprint density at radius 2 is 1.76 bits per heavy atom. The number of hydrogen-bond donors (Lipinski definition) is 1. The number of rotatable bonds is 6. The number of carbonyl (C=O) groups is 1. The van der Waals surface area contributed by atoms with Crippen LogP contribution in [0.2, 0.25) is 0 Å². The molecule has 2 aliphatic rings. The van der Waals surface area contributed by atoms with Gasteiger partial charge in [0.2, 0.25) is 5.91 Å². The topological polar surface area (TPSA) is 32.3 Å². The molecule has 1 aliphatic heterocycles. The third kappa shape index (κ3) is 5.78. The molecule has 4 heteroatoms. The molecule has 1 aliphatic carbocycles. The smallest absolute Gasteiger partial charge is 0.225 e. The SMILES string of the molecule is CCNCC1CCN(C(=O)C(C)CC2CCCC2)CC1.Cl. The van der Waals surface area contributed by atoms with Crippen molar-refractivity contribution in [3.05, 3.63) is 0 Å². The number of carbonyl (C=O) groups excluding carboxylic acids is 1. The second kappa shape index (κ2) is 9.68. The van der Waals surface area contributed by atoms with E-state index in [9.17, 15) is 4.79 Å². The molecule has 1 N–H and O–H groups in total. The van der Waals surface area contributed by atoms with Crippen molar-refractivity contribution < 1.29 is 4.79 Å². The number of likely N-dealkylation sites (tertiary alicyclic amines) is 1. The van der Waals surface area contributed by atoms with E-state index in [0.717, 1.165) is 44.4 Å². The minimum atomic E-state index is 0. The Balaban J connectivity index is 0.00000220. The van der Waals surface area contributed by atoms with E-state index < -0.39 is 0 Å². The van der Waals surface area contributed by atoms with Gasteiger partial charge >= 0.3 is 0 Å². The third-order valence-corrected chi connectivity index (χ3v) is 5.19. The van der Waals surface area contributed by atoms with Gasteiger partial charge in [-0.1, -0.05) is 39.5 Å². The molecule has 3 nitrogen and oxygen atoms in total. The summed E-state index contributed by atoms with van der Waals surface area (Å²) in [6.07, 6.45) is 8.92. The molecule has 0 bridgehead atoms. The van der Waals surface area contributed by atoms with Crippen molar-refractivity contribution in [1.29, 1.82) is 0 Å². The molecule has 0 spiro atoms. The summed E-state index contributed by atoms with van der Waals surface area (Å²) in [4.78, 5) is 14.6. The summed E-state index contributed by atoms with van der Waals surface area (Å²) in [6, 6.07) is 0. The molecule has 0 aromatic heterocycles. The first-order chi connectivity index (χ1) is 9.70. The van der Waals surface area contributed by atoms with Gasteiger partial charge in [0.15, 0.2) is 0 Å². The van der Waals surface area contributed by atoms with E-state index in [1.54, 1.807) is 0 Å². The minimum absolute atomic E-state index is 0. The molecular formula is C17H33ClN2O. The van der Waals surface area contributed by atoms with E-state index >= 15 is 0 Å². The van der Waals surface area contributed by atoms with Crippen LogP contribution >= 0.6 is 12.4 Å². The lowest BCUT2D eigenvalue weighted by Gasteiger charge is -2.34. The van der Waals surface area contributed by atoms with E-state index in [2.05, 4.69) is 24.1 Å². The highest BCUT2D eigenvalue weighted by Gasteiger charge is 2.28. The van der Waals surface area contributed by atoms with Crippen molar-refractivity contribution in [2.24, 2.45) is 17.8 Å². The lowest BCUT2D eigenvalue weighted by molar-refractivity contribution is -0.137. The zero-order valence-electron chi connectivity index (χ0n) is 13.8. The van der Waals surface area contributed by atoms with Gasteiger partial charge in [-0.2, -0.15) is 0 Å². The van der Waals surface area contributed by atoms with Gasteiger partial charge in [-0.3, -0.25) is 4.79 Å². The Labute approximate surface area is 136 Å². The van der Waals surface area contributed by atoms with Crippen LogP contribution in [0.5, 0.6) is 0 Å². The number of nitrogens with zero attached hydrogens (tertiary/aromatic N) is 1. The van der Waals surface area contributed by atoms with Crippen LogP contribution in [0.3, 0.4) is 0 Å². The summed E-state index contributed by atoms with van der Waals surface area (Å²) >= 11 is 0. The first-order valence-electron chi connectivity index (χ1n) is 8.70. The summed E-state index contributed by atoms with van der Waals surface area (Å²) in [5.41, 5.74) is 0. The van der Waals surface area contributed by atoms with Crippen molar-refractivity contribution >= 4 is 18.3 Å². The molecule has 0 radical (unpaired) electrons. The van der Waals surface area contributed by atoms with Crippen molar-refractivity contribution in [1.82, 2.24) is 10.2 Å². The first-order valence-corrected chi connectivity index (χ1v) is 8.70. The van der Waals surface area contributed by atoms with Crippen molar-refractivity contribution in [2.45, 2.75) is 58.8 Å². The Morgan fingerprint density at radius 3 is 2.33 bits per heavy atom. The van der Waals surface area contributed by atoms with Gasteiger partial charge in [0.05, 0.1) is 0 Å². The summed E-state index contributed by atoms with van der Waals surface area (Å²) in [6.45, 7) is 8.43. The Hall–Kier alpha value is -0.280. The van der Waals surface area contributed by atoms with Crippen LogP contribution in [-0.4, -0.2) is 37.0 Å². The van der Waals surface area contributed by atoms with E-state index in [0.29, 0.717) is 5.91 Å². The maximum atomic E-state index is 12.5. The Kier molecular flexibility index (Phi) is 8.65. The van der Waals surface area contributed by atoms with Crippen LogP contribution in [0.4, 0.5) is 0 Å². The quantitative estimate of drug-likeness (QED) is 0.813. The average Bonchev–Trinajstić information content (AvgIpc) is 2.97. The van der Waals surface area contributed by atoms with E-state index in [1.807, 2.05) is 0 Å². The zero-order chi connectivity index (χ0) is 14.4. The third-order valence-electron chi connectivity index (χ3n) is 5.19. The van der Waals surface area contributed by atoms with Crippen LogP contribution in [0.25, 0.3) is 0 Å². The summed E-state index contributed by atoms with van der Waals surface area (Å²) in [5, 5.41) is 3.43. The highest BCUT2D eigenvalue weighted by Crippen LogP contribution is 2.31. The first kappa shape index (κ1) is 18.8. The van der Waals surface area contributed by atoms with E-state index in [-0.39, 0.29) is 18.3 Å². The van der Waals surface area contributed by atoms with Crippen LogP contribution in [0.1, 0.15) is 58.8 Å². The van der Waals surface area contributed by atoms with Crippen LogP contribution in [0, 0.1) is 17.8 Å². The van der Waals surface area contributed by atoms with Crippen LogP contribution in [-0.2, 0) is 4.79 Å². The lowest BCUT2D eigenvalue weighted by Crippen LogP contribution is -2.43. The summed E-state index contributed by atoms with van der Waals surface area (Å²) in [7, 11) is 0. The fraction of sp³-hybridized carbons (Fsp3) is 0.941. The van der Waals surface area contributed by atoms with Gasteiger partial charge in [0, 0.05) is 19.0 Å². The predicted octanol–water partition coefficient (Wildman–Crippen LogP) is 3.47. The number of hydrogen-bond acceptors (Lipinski definition) is 2. The summed E-state index contributed by atoms with van der Waals surface area (Å²) < 4.78 is 0. The standard InChI is InChI=1S/C17H32N2O.ClH/c1-3-18-13-16-8-10-19(11-9-16)17(20)14(2)12-15-6-4-5-7-15;/h14-16,18H,3-13H2,1-2H3;1H. The molecule has 0 aromatic carbocycles. The maximum Gasteiger partial charge on any atom is 0.225 e. The molecule has 1 saturated carbocycles. The minimum Gasteiger partial charge on any atom is -0.342 e. The second-order valence-electron chi connectivity index (χ2n) is 6.86. The van der Waals surface area contributed by atoms with Gasteiger partial charge in [-0.25, -0.2) is 0 Å². The Bertz CT molecular complexity index is 297. The van der Waals surface area contributed by atoms with E-state index in [4.69, 9.17) is 0 Å². The molecule has 1 heterocycles. The largest absolute Gasteiger partial charge is 0.342 e. The molecule has 124 valence electrons. The monoisotopic (exact) mass is 316 g/mol. The molecule has 0 aromatic rings. The van der Waals surface area contributed by atoms with Crippen LogP contribution in [0.15, 0.2) is 0 Å². The zero-order valence-corrected chi connectivity index (χ0v) is 14.6. The molecule has 1 unspecified atom stereocenters. The number of halogens is 1. The number of amides is 1. The highest BCUT2D eigenvalue weighted by molar-refractivity contribution is 5.85. The summed E-state index contributed by atoms with van der Waals surface area (Å²) in [5.74, 6) is 2.24. The molecule has 1 atom stereocenters. The molecule has 2 fully saturated rings. The normalized spacial score (nSPS) is 22.1. The molecule has 1 saturated heterocycles. The molecule has 1 amide bonds. The molecular weight excluding hydrogens is 284 g/mol. The van der Waals surface area contributed by atoms with Gasteiger partial charge in [0.1, 0.15) is 0 Å². The number of nitrogens with one attached hydrogen (secondary N) is 1. The van der Waals surface area contributed by atoms with Crippen molar-refractivity contribution in [3.63, 3.8) is 0 Å². The van der Waals surface area contributed by atoms with Gasteiger partial charge in [-0.15, -0.1) is 12.4 Å². The fourth-order valence-corrected chi connectivity index (χ4v) is 3.86. The molecule has 21 heavy (non-hydrogen) atoms. The lowest BCUT2D eigenvalue weighted by atomic mass is 9.91. The molecule has 2 rings (SSSR count). The second-order valence-corrected chi connectivity index (χ2v) is 6.86. The van der Waals surface area contributed by atoms with Crippen LogP contribution < -0.4 is 5.32 Å². The average molecular weight is 317 g/mol. The van der Waals surface area contributed by atoms with Crippen molar-refractivity contribution in [2.75, 3.05) is 26.2 Å². The predicted molar refractivity (Wildman–Crippen MR) is 90.8 cm³/mol. The van der Waals surface area contributed by atoms with Gasteiger partial charge in [-0.05, 0) is 44.2 Å². The number of piperidine rings is 1. The fourth-order valence-electron chi connectivity index (χ4n) is 3.86. The van der Waals surface area contributed by atoms with Gasteiger partial charge < -0.3 is 10.2 Å². The van der Waals surface area contributed by atoms with Crippen molar-refractivity contribution in [3.8, 4) is 0 Å². The van der Waals surface area contributed by atoms with E-state index in [1.165, 1.54) is 38.5 Å². The van der Waals surface area contributed by atoms with Gasteiger partial charge in [0.25, 0.3) is 0 Å². The maximum absolute atomic E-state index is 12.5.